The minimum Gasteiger partial charge on any atom is -0.300 e. The number of hydrogen-bond donors (Lipinski definition) is 1. The molecule has 7 heteroatoms. The van der Waals surface area contributed by atoms with Crippen molar-refractivity contribution in [2.24, 2.45) is 7.05 Å². The zero-order chi connectivity index (χ0) is 15.1. The number of piperazine rings is 1. The topological polar surface area (TPSA) is 66.3 Å². The number of nitrogens with zero attached hydrogens (tertiary/aromatic N) is 5. The number of nitrogens with one attached hydrogen (secondary N) is 1. The summed E-state index contributed by atoms with van der Waals surface area (Å²) in [5.41, 5.74) is 1.58. The maximum absolute atomic E-state index is 12.7. The molecule has 5 heterocycles. The van der Waals surface area contributed by atoms with Crippen LogP contribution in [0, 0.1) is 0 Å². The second-order valence-corrected chi connectivity index (χ2v) is 6.04. The predicted octanol–water partition coefficient (Wildman–Crippen LogP) is 0.297. The van der Waals surface area contributed by atoms with Crippen molar-refractivity contribution in [1.29, 1.82) is 0 Å². The second-order valence-electron chi connectivity index (χ2n) is 6.04. The Labute approximate surface area is 128 Å². The molecule has 3 fully saturated rings. The molecule has 1 N–H and O–H groups in total. The van der Waals surface area contributed by atoms with Gasteiger partial charge < -0.3 is 0 Å². The summed E-state index contributed by atoms with van der Waals surface area (Å²) >= 11 is 0. The summed E-state index contributed by atoms with van der Waals surface area (Å²) in [5, 5.41) is 2.99. The van der Waals surface area contributed by atoms with Crippen molar-refractivity contribution in [2.75, 3.05) is 38.0 Å². The standard InChI is InChI=1S/C15H20N6O/c1-19-13-11(4-2-5-16-13)17-15(19)18-14(22)12-10-20-6-3-7-21(12)9-8-20/h2,4-5,12H,3,6-10H2,1H3,(H,17,18,22). The van der Waals surface area contributed by atoms with Gasteiger partial charge in [-0.3, -0.25) is 24.5 Å². The lowest BCUT2D eigenvalue weighted by Gasteiger charge is -2.36. The fourth-order valence-electron chi connectivity index (χ4n) is 3.42. The predicted molar refractivity (Wildman–Crippen MR) is 83.6 cm³/mol. The molecule has 3 aliphatic rings. The van der Waals surface area contributed by atoms with Crippen molar-refractivity contribution in [3.63, 3.8) is 0 Å². The molecule has 22 heavy (non-hydrogen) atoms. The minimum absolute atomic E-state index is 0.0324. The van der Waals surface area contributed by atoms with E-state index in [-0.39, 0.29) is 11.9 Å². The molecule has 3 atom stereocenters. The SMILES string of the molecule is Cn1c(NC(=O)C2CN3CCCN2CC3)nc2cccnc21. The quantitative estimate of drug-likeness (QED) is 0.864. The Morgan fingerprint density at radius 1 is 1.32 bits per heavy atom. The lowest BCUT2D eigenvalue weighted by atomic mass is 10.2. The summed E-state index contributed by atoms with van der Waals surface area (Å²) < 4.78 is 1.83. The Kier molecular flexibility index (Phi) is 3.31. The van der Waals surface area contributed by atoms with Gasteiger partial charge in [-0.15, -0.1) is 0 Å². The van der Waals surface area contributed by atoms with Crippen LogP contribution < -0.4 is 5.32 Å². The number of aromatic nitrogens is 3. The highest BCUT2D eigenvalue weighted by atomic mass is 16.2. The van der Waals surface area contributed by atoms with E-state index in [1.165, 1.54) is 0 Å². The Hall–Kier alpha value is -1.99. The molecule has 2 aromatic heterocycles. The van der Waals surface area contributed by atoms with Crippen LogP contribution in [0.2, 0.25) is 0 Å². The highest BCUT2D eigenvalue weighted by molar-refractivity contribution is 5.95. The number of hydrogen-bond acceptors (Lipinski definition) is 5. The molecule has 0 saturated carbocycles. The molecular formula is C15H20N6O. The zero-order valence-corrected chi connectivity index (χ0v) is 12.7. The molecule has 116 valence electrons. The van der Waals surface area contributed by atoms with Crippen molar-refractivity contribution in [1.82, 2.24) is 24.3 Å². The summed E-state index contributed by atoms with van der Waals surface area (Å²) in [6, 6.07) is 3.68. The maximum Gasteiger partial charge on any atom is 0.245 e. The molecule has 0 radical (unpaired) electrons. The average Bonchev–Trinajstić information content (AvgIpc) is 2.74. The fraction of sp³-hybridized carbons (Fsp3) is 0.533. The van der Waals surface area contributed by atoms with Crippen LogP contribution in [0.5, 0.6) is 0 Å². The van der Waals surface area contributed by atoms with E-state index in [2.05, 4.69) is 25.1 Å². The Balaban J connectivity index is 1.57. The van der Waals surface area contributed by atoms with Crippen molar-refractivity contribution in [3.05, 3.63) is 18.3 Å². The highest BCUT2D eigenvalue weighted by Crippen LogP contribution is 2.19. The summed E-state index contributed by atoms with van der Waals surface area (Å²) in [5.74, 6) is 0.597. The van der Waals surface area contributed by atoms with Crippen molar-refractivity contribution < 1.29 is 4.79 Å². The van der Waals surface area contributed by atoms with Crippen molar-refractivity contribution in [2.45, 2.75) is 12.5 Å². The number of rotatable bonds is 2. The molecule has 2 bridgehead atoms. The number of pyridine rings is 1. The molecule has 0 aliphatic carbocycles. The van der Waals surface area contributed by atoms with Gasteiger partial charge in [-0.05, 0) is 25.1 Å². The average molecular weight is 300 g/mol. The van der Waals surface area contributed by atoms with Crippen LogP contribution in [0.1, 0.15) is 6.42 Å². The lowest BCUT2D eigenvalue weighted by Crippen LogP contribution is -2.55. The summed E-state index contributed by atoms with van der Waals surface area (Å²) in [7, 11) is 1.88. The smallest absolute Gasteiger partial charge is 0.245 e. The highest BCUT2D eigenvalue weighted by Gasteiger charge is 2.34. The van der Waals surface area contributed by atoms with Crippen LogP contribution in [0.4, 0.5) is 5.95 Å². The van der Waals surface area contributed by atoms with E-state index in [0.29, 0.717) is 5.95 Å². The first kappa shape index (κ1) is 13.7. The van der Waals surface area contributed by atoms with E-state index >= 15 is 0 Å². The van der Waals surface area contributed by atoms with E-state index in [9.17, 15) is 4.79 Å². The molecule has 2 aromatic rings. The number of carbonyl (C=O) groups is 1. The Bertz CT molecular complexity index is 707. The first-order valence-corrected chi connectivity index (χ1v) is 7.77. The monoisotopic (exact) mass is 300 g/mol. The summed E-state index contributed by atoms with van der Waals surface area (Å²) in [6.07, 6.45) is 2.87. The number of fused-ring (bicyclic) bond motifs is 5. The molecule has 3 saturated heterocycles. The van der Waals surface area contributed by atoms with E-state index < -0.39 is 0 Å². The van der Waals surface area contributed by atoms with Crippen LogP contribution in [0.15, 0.2) is 18.3 Å². The molecule has 0 spiro atoms. The van der Waals surface area contributed by atoms with Gasteiger partial charge in [0.15, 0.2) is 5.65 Å². The van der Waals surface area contributed by atoms with Crippen LogP contribution in [0.25, 0.3) is 11.2 Å². The van der Waals surface area contributed by atoms with Gasteiger partial charge in [0.25, 0.3) is 0 Å². The maximum atomic E-state index is 12.7. The van der Waals surface area contributed by atoms with Crippen LogP contribution >= 0.6 is 0 Å². The van der Waals surface area contributed by atoms with Crippen LogP contribution in [-0.2, 0) is 11.8 Å². The Morgan fingerprint density at radius 3 is 3.09 bits per heavy atom. The van der Waals surface area contributed by atoms with Gasteiger partial charge in [-0.25, -0.2) is 9.97 Å². The van der Waals surface area contributed by atoms with Crippen LogP contribution in [-0.4, -0.2) is 69.0 Å². The normalized spacial score (nSPS) is 27.8. The molecule has 5 rings (SSSR count). The molecule has 1 amide bonds. The summed E-state index contributed by atoms with van der Waals surface area (Å²) in [4.78, 5) is 26.1. The van der Waals surface area contributed by atoms with E-state index in [0.717, 1.165) is 50.3 Å². The number of anilines is 1. The molecular weight excluding hydrogens is 280 g/mol. The number of aryl methyl sites for hydroxylation is 1. The van der Waals surface area contributed by atoms with E-state index in [4.69, 9.17) is 0 Å². The second kappa shape index (κ2) is 5.33. The lowest BCUT2D eigenvalue weighted by molar-refractivity contribution is -0.122. The Morgan fingerprint density at radius 2 is 2.23 bits per heavy atom. The van der Waals surface area contributed by atoms with Crippen molar-refractivity contribution >= 4 is 23.0 Å². The molecule has 3 aliphatic heterocycles. The van der Waals surface area contributed by atoms with Gasteiger partial charge in [0.1, 0.15) is 11.6 Å². The van der Waals surface area contributed by atoms with Crippen LogP contribution in [0.3, 0.4) is 0 Å². The van der Waals surface area contributed by atoms with E-state index in [1.54, 1.807) is 6.20 Å². The van der Waals surface area contributed by atoms with Gasteiger partial charge in [0, 0.05) is 39.4 Å². The number of imidazole rings is 1. The van der Waals surface area contributed by atoms with Crippen molar-refractivity contribution in [3.8, 4) is 0 Å². The number of carbonyl (C=O) groups excluding carboxylic acids is 1. The molecule has 7 nitrogen and oxygen atoms in total. The van der Waals surface area contributed by atoms with Gasteiger partial charge in [-0.1, -0.05) is 0 Å². The third-order valence-corrected chi connectivity index (χ3v) is 4.66. The van der Waals surface area contributed by atoms with Gasteiger partial charge in [0.2, 0.25) is 11.9 Å². The van der Waals surface area contributed by atoms with Gasteiger partial charge in [0.05, 0.1) is 0 Å². The minimum atomic E-state index is -0.0796. The van der Waals surface area contributed by atoms with E-state index in [1.807, 2.05) is 23.7 Å². The zero-order valence-electron chi connectivity index (χ0n) is 12.7. The first-order chi connectivity index (χ1) is 10.7. The number of amides is 1. The largest absolute Gasteiger partial charge is 0.300 e. The third-order valence-electron chi connectivity index (χ3n) is 4.66. The van der Waals surface area contributed by atoms with Gasteiger partial charge >= 0.3 is 0 Å². The third kappa shape index (κ3) is 2.26. The first-order valence-electron chi connectivity index (χ1n) is 7.77. The molecule has 3 unspecified atom stereocenters. The fourth-order valence-corrected chi connectivity index (χ4v) is 3.42. The molecule has 0 aromatic carbocycles. The summed E-state index contributed by atoms with van der Waals surface area (Å²) in [6.45, 7) is 4.95. The van der Waals surface area contributed by atoms with Gasteiger partial charge in [-0.2, -0.15) is 0 Å².